The zero-order valence-corrected chi connectivity index (χ0v) is 15.0. The Hall–Kier alpha value is 2.32. The highest BCUT2D eigenvalue weighted by Gasteiger charge is 2.79. The van der Waals surface area contributed by atoms with Crippen LogP contribution in [0.25, 0.3) is 0 Å². The third-order valence-corrected chi connectivity index (χ3v) is 7.89. The Morgan fingerprint density at radius 1 is 1.06 bits per heavy atom. The molecule has 2 fully saturated rings. The molecule has 2 rings (SSSR count). The van der Waals surface area contributed by atoms with Gasteiger partial charge in [0.2, 0.25) is 0 Å². The lowest BCUT2D eigenvalue weighted by Crippen LogP contribution is -2.50. The molecular weight excluding hydrogens is 404 g/mol. The quantitative estimate of drug-likeness (QED) is 0.497. The van der Waals surface area contributed by atoms with Crippen molar-refractivity contribution in [3.8, 4) is 0 Å². The van der Waals surface area contributed by atoms with Crippen molar-refractivity contribution in [1.29, 1.82) is 0 Å². The van der Waals surface area contributed by atoms with Crippen molar-refractivity contribution in [2.45, 2.75) is 32.2 Å². The average Bonchev–Trinajstić information content (AvgIpc) is 2.61. The Morgan fingerprint density at radius 2 is 1.61 bits per heavy atom. The summed E-state index contributed by atoms with van der Waals surface area (Å²) in [7, 11) is 0. The summed E-state index contributed by atoms with van der Waals surface area (Å²) in [4.78, 5) is -1.58. The van der Waals surface area contributed by atoms with Crippen molar-refractivity contribution < 1.29 is 0 Å². The summed E-state index contributed by atoms with van der Waals surface area (Å²) in [5.74, 6) is -0.0660. The predicted molar refractivity (Wildman–Crippen MR) is 83.4 cm³/mol. The highest BCUT2D eigenvalue weighted by Crippen LogP contribution is 2.77. The first-order valence-electron chi connectivity index (χ1n) is 5.31. The topological polar surface area (TPSA) is 0 Å². The summed E-state index contributed by atoms with van der Waals surface area (Å²) in [6, 6.07) is 0. The lowest BCUT2D eigenvalue weighted by molar-refractivity contribution is 0.144. The molecule has 4 atom stereocenters. The Kier molecular flexibility index (Phi) is 4.82. The SMILES string of the molecule is ClCC1(C(Cl)Cl)[C@H]2C[C@@H](Cl)[C@]1(C(Cl)Cl)CC2(Cl)Cl. The molecule has 2 saturated carbocycles. The monoisotopic (exact) mass is 410 g/mol. The van der Waals surface area contributed by atoms with Gasteiger partial charge >= 0.3 is 0 Å². The van der Waals surface area contributed by atoms with Crippen LogP contribution >= 0.6 is 92.8 Å². The molecule has 0 aromatic rings. The molecule has 0 spiro atoms. The van der Waals surface area contributed by atoms with Gasteiger partial charge in [0.05, 0.1) is 0 Å². The van der Waals surface area contributed by atoms with Crippen molar-refractivity contribution in [2.24, 2.45) is 16.7 Å². The van der Waals surface area contributed by atoms with Gasteiger partial charge in [0.15, 0.2) is 0 Å². The lowest BCUT2D eigenvalue weighted by atomic mass is 9.70. The standard InChI is InChI=1S/C10H10Cl8/c11-3-9(7(15)16)4-1-5(12)8(9,6(13)14)2-10(4,17)18/h4-7H,1-3H2/t4-,5-,8+,9?/m1/s1. The largest absolute Gasteiger partial charge is 0.126 e. The fourth-order valence-electron chi connectivity index (χ4n) is 3.63. The van der Waals surface area contributed by atoms with E-state index in [1.807, 2.05) is 0 Å². The smallest absolute Gasteiger partial charge is 0.122 e. The number of fused-ring (bicyclic) bond motifs is 2. The molecule has 106 valence electrons. The Morgan fingerprint density at radius 3 is 1.94 bits per heavy atom. The molecule has 0 amide bonds. The van der Waals surface area contributed by atoms with E-state index in [9.17, 15) is 0 Å². The summed E-state index contributed by atoms with van der Waals surface area (Å²) >= 11 is 50.1. The minimum absolute atomic E-state index is 0.162. The van der Waals surface area contributed by atoms with Gasteiger partial charge in [0, 0.05) is 28.0 Å². The van der Waals surface area contributed by atoms with E-state index in [0.29, 0.717) is 12.8 Å². The first kappa shape index (κ1) is 16.7. The molecule has 0 radical (unpaired) electrons. The molecule has 0 aromatic heterocycles. The van der Waals surface area contributed by atoms with Gasteiger partial charge in [-0.25, -0.2) is 0 Å². The second-order valence-electron chi connectivity index (χ2n) is 5.01. The minimum atomic E-state index is -1.01. The minimum Gasteiger partial charge on any atom is -0.126 e. The van der Waals surface area contributed by atoms with E-state index >= 15 is 0 Å². The van der Waals surface area contributed by atoms with Gasteiger partial charge < -0.3 is 0 Å². The van der Waals surface area contributed by atoms with Gasteiger partial charge in [-0.1, -0.05) is 0 Å². The molecule has 2 bridgehead atoms. The highest BCUT2D eigenvalue weighted by atomic mass is 35.5. The molecule has 1 unspecified atom stereocenters. The van der Waals surface area contributed by atoms with Crippen LogP contribution in [0.2, 0.25) is 0 Å². The second-order valence-corrected chi connectivity index (χ2v) is 9.54. The normalized spacial score (nSPS) is 46.3. The molecule has 0 nitrogen and oxygen atoms in total. The molecule has 0 saturated heterocycles. The van der Waals surface area contributed by atoms with Crippen LogP contribution in [0.15, 0.2) is 0 Å². The first-order chi connectivity index (χ1) is 8.16. The van der Waals surface area contributed by atoms with E-state index < -0.39 is 24.8 Å². The summed E-state index contributed by atoms with van der Waals surface area (Å²) in [6.45, 7) is 0. The van der Waals surface area contributed by atoms with Crippen LogP contribution in [-0.4, -0.2) is 25.3 Å². The van der Waals surface area contributed by atoms with Crippen LogP contribution in [0, 0.1) is 16.7 Å². The fraction of sp³-hybridized carbons (Fsp3) is 1.00. The van der Waals surface area contributed by atoms with E-state index in [1.54, 1.807) is 0 Å². The summed E-state index contributed by atoms with van der Waals surface area (Å²) in [6.07, 6.45) is 0.884. The van der Waals surface area contributed by atoms with Crippen molar-refractivity contribution in [1.82, 2.24) is 0 Å². The van der Waals surface area contributed by atoms with Crippen LogP contribution in [0.4, 0.5) is 0 Å². The van der Waals surface area contributed by atoms with Crippen LogP contribution in [-0.2, 0) is 0 Å². The maximum Gasteiger partial charge on any atom is 0.122 e. The third kappa shape index (κ3) is 1.86. The Labute approximate surface area is 146 Å². The summed E-state index contributed by atoms with van der Waals surface area (Å²) in [5, 5.41) is -0.299. The summed E-state index contributed by atoms with van der Waals surface area (Å²) < 4.78 is -1.01. The maximum atomic E-state index is 6.43. The molecule has 8 heteroatoms. The van der Waals surface area contributed by atoms with Gasteiger partial charge in [0.25, 0.3) is 0 Å². The van der Waals surface area contributed by atoms with Gasteiger partial charge in [-0.2, -0.15) is 0 Å². The van der Waals surface area contributed by atoms with E-state index in [2.05, 4.69) is 0 Å². The van der Waals surface area contributed by atoms with Crippen LogP contribution in [0.1, 0.15) is 12.8 Å². The number of alkyl halides is 8. The van der Waals surface area contributed by atoms with E-state index in [-0.39, 0.29) is 17.2 Å². The fourth-order valence-corrected chi connectivity index (χ4v) is 7.83. The van der Waals surface area contributed by atoms with Crippen LogP contribution in [0.5, 0.6) is 0 Å². The number of hydrogen-bond acceptors (Lipinski definition) is 0. The van der Waals surface area contributed by atoms with Crippen molar-refractivity contribution in [3.05, 3.63) is 0 Å². The Bertz CT molecular complexity index is 335. The first-order valence-corrected chi connectivity index (χ1v) is 8.78. The van der Waals surface area contributed by atoms with Gasteiger partial charge in [-0.15, -0.1) is 92.8 Å². The molecule has 0 heterocycles. The molecule has 2 aliphatic carbocycles. The molecule has 18 heavy (non-hydrogen) atoms. The van der Waals surface area contributed by atoms with Crippen molar-refractivity contribution in [3.63, 3.8) is 0 Å². The zero-order chi connectivity index (χ0) is 13.9. The summed E-state index contributed by atoms with van der Waals surface area (Å²) in [5.41, 5.74) is -1.55. The molecular formula is C10H10Cl8. The second kappa shape index (κ2) is 5.20. The van der Waals surface area contributed by atoms with E-state index in [4.69, 9.17) is 92.8 Å². The number of rotatable bonds is 3. The average molecular weight is 414 g/mol. The van der Waals surface area contributed by atoms with Gasteiger partial charge in [0.1, 0.15) is 14.0 Å². The zero-order valence-electron chi connectivity index (χ0n) is 8.95. The highest BCUT2D eigenvalue weighted by molar-refractivity contribution is 6.51. The van der Waals surface area contributed by atoms with Crippen LogP contribution in [0.3, 0.4) is 0 Å². The predicted octanol–water partition coefficient (Wildman–Crippen LogP) is 6.01. The third-order valence-electron chi connectivity index (χ3n) is 4.53. The molecule has 0 aromatic carbocycles. The van der Waals surface area contributed by atoms with Gasteiger partial charge in [-0.3, -0.25) is 0 Å². The number of halogens is 8. The van der Waals surface area contributed by atoms with E-state index in [1.165, 1.54) is 0 Å². The molecule has 0 N–H and O–H groups in total. The number of hydrogen-bond donors (Lipinski definition) is 0. The van der Waals surface area contributed by atoms with Crippen molar-refractivity contribution in [2.75, 3.05) is 5.88 Å². The maximum absolute atomic E-state index is 6.43. The van der Waals surface area contributed by atoms with E-state index in [0.717, 1.165) is 0 Å². The Balaban J connectivity index is 2.64. The molecule has 0 aliphatic heterocycles. The van der Waals surface area contributed by atoms with Gasteiger partial charge in [-0.05, 0) is 12.8 Å². The molecule has 2 aliphatic rings. The lowest BCUT2D eigenvalue weighted by Gasteiger charge is -2.45. The van der Waals surface area contributed by atoms with Crippen molar-refractivity contribution >= 4 is 92.8 Å². The van der Waals surface area contributed by atoms with Crippen LogP contribution < -0.4 is 0 Å².